The lowest BCUT2D eigenvalue weighted by Gasteiger charge is -2.10. The van der Waals surface area contributed by atoms with Gasteiger partial charge in [0.05, 0.1) is 26.4 Å². The molecular weight excluding hydrogens is 464 g/mol. The van der Waals surface area contributed by atoms with E-state index in [1.165, 1.54) is 0 Å². The highest BCUT2D eigenvalue weighted by atomic mass is 79.9. The number of rotatable bonds is 13. The van der Waals surface area contributed by atoms with Gasteiger partial charge in [-0.15, -0.1) is 0 Å². The molecule has 0 amide bonds. The second-order valence-electron chi connectivity index (χ2n) is 5.36. The molecule has 0 saturated heterocycles. The molecule has 2 aromatic carbocycles. The van der Waals surface area contributed by atoms with Crippen LogP contribution in [0.25, 0.3) is 11.1 Å². The Kier molecular flexibility index (Phi) is 10.7. The Labute approximate surface area is 172 Å². The highest BCUT2D eigenvalue weighted by Crippen LogP contribution is 2.27. The van der Waals surface area contributed by atoms with Gasteiger partial charge in [0.25, 0.3) is 0 Å². The van der Waals surface area contributed by atoms with E-state index >= 15 is 0 Å². The zero-order valence-electron chi connectivity index (χ0n) is 14.7. The zero-order valence-corrected chi connectivity index (χ0v) is 17.8. The van der Waals surface area contributed by atoms with Gasteiger partial charge in [0.1, 0.15) is 24.7 Å². The van der Waals surface area contributed by atoms with Crippen LogP contribution in [0, 0.1) is 0 Å². The molecule has 0 atom stereocenters. The molecule has 2 rings (SSSR count). The first-order valence-corrected chi connectivity index (χ1v) is 10.8. The maximum absolute atomic E-state index is 5.76. The Bertz CT molecular complexity index is 581. The molecule has 6 heteroatoms. The summed E-state index contributed by atoms with van der Waals surface area (Å²) >= 11 is 6.66. The molecule has 0 fully saturated rings. The van der Waals surface area contributed by atoms with Gasteiger partial charge in [-0.05, 0) is 35.4 Å². The number of alkyl halides is 2. The Morgan fingerprint density at radius 1 is 0.577 bits per heavy atom. The van der Waals surface area contributed by atoms with Crippen molar-refractivity contribution in [1.82, 2.24) is 0 Å². The quantitative estimate of drug-likeness (QED) is 0.296. The standard InChI is InChI=1S/C20H24Br2O4/c21-7-9-23-11-13-25-19-5-1-3-17(15-19)18-4-2-6-20(16-18)26-14-12-24-10-8-22/h1-6,15-16H,7-14H2. The minimum absolute atomic E-state index is 0.536. The molecule has 0 N–H and O–H groups in total. The smallest absolute Gasteiger partial charge is 0.120 e. The molecule has 0 bridgehead atoms. The van der Waals surface area contributed by atoms with E-state index in [-0.39, 0.29) is 0 Å². The van der Waals surface area contributed by atoms with Gasteiger partial charge in [-0.2, -0.15) is 0 Å². The van der Waals surface area contributed by atoms with E-state index < -0.39 is 0 Å². The van der Waals surface area contributed by atoms with Crippen molar-refractivity contribution in [2.75, 3.05) is 50.3 Å². The summed E-state index contributed by atoms with van der Waals surface area (Å²) in [5, 5.41) is 1.67. The molecule has 0 unspecified atom stereocenters. The van der Waals surface area contributed by atoms with Gasteiger partial charge in [0.2, 0.25) is 0 Å². The molecule has 0 aliphatic carbocycles. The van der Waals surface area contributed by atoms with Gasteiger partial charge in [-0.25, -0.2) is 0 Å². The summed E-state index contributed by atoms with van der Waals surface area (Å²) in [5.41, 5.74) is 2.18. The highest BCUT2D eigenvalue weighted by Gasteiger charge is 2.03. The van der Waals surface area contributed by atoms with Crippen molar-refractivity contribution in [3.63, 3.8) is 0 Å². The minimum atomic E-state index is 0.536. The summed E-state index contributed by atoms with van der Waals surface area (Å²) in [5.74, 6) is 1.67. The SMILES string of the molecule is BrCCOCCOc1cccc(-c2cccc(OCCOCCBr)c2)c1. The van der Waals surface area contributed by atoms with E-state index in [2.05, 4.69) is 44.0 Å². The molecule has 26 heavy (non-hydrogen) atoms. The second kappa shape index (κ2) is 13.1. The van der Waals surface area contributed by atoms with Crippen LogP contribution in [0.4, 0.5) is 0 Å². The highest BCUT2D eigenvalue weighted by molar-refractivity contribution is 9.09. The van der Waals surface area contributed by atoms with Crippen molar-refractivity contribution in [3.05, 3.63) is 48.5 Å². The average Bonchev–Trinajstić information content (AvgIpc) is 2.68. The Morgan fingerprint density at radius 2 is 1.04 bits per heavy atom. The number of hydrogen-bond acceptors (Lipinski definition) is 4. The molecule has 2 aromatic rings. The normalized spacial score (nSPS) is 10.7. The minimum Gasteiger partial charge on any atom is -0.491 e. The number of halogens is 2. The van der Waals surface area contributed by atoms with Gasteiger partial charge < -0.3 is 18.9 Å². The lowest BCUT2D eigenvalue weighted by molar-refractivity contribution is 0.112. The molecule has 0 radical (unpaired) electrons. The fourth-order valence-electron chi connectivity index (χ4n) is 2.28. The van der Waals surface area contributed by atoms with Gasteiger partial charge in [0.15, 0.2) is 0 Å². The molecule has 4 nitrogen and oxygen atoms in total. The maximum Gasteiger partial charge on any atom is 0.120 e. The van der Waals surface area contributed by atoms with Crippen molar-refractivity contribution >= 4 is 31.9 Å². The van der Waals surface area contributed by atoms with Crippen LogP contribution in [-0.2, 0) is 9.47 Å². The predicted octanol–water partition coefficient (Wildman–Crippen LogP) is 4.93. The van der Waals surface area contributed by atoms with Gasteiger partial charge in [0, 0.05) is 10.7 Å². The van der Waals surface area contributed by atoms with Crippen LogP contribution < -0.4 is 9.47 Å². The van der Waals surface area contributed by atoms with Crippen LogP contribution in [0.15, 0.2) is 48.5 Å². The third-order valence-corrected chi connectivity index (χ3v) is 4.08. The van der Waals surface area contributed by atoms with Gasteiger partial charge >= 0.3 is 0 Å². The van der Waals surface area contributed by atoms with E-state index in [1.54, 1.807) is 0 Å². The predicted molar refractivity (Wildman–Crippen MR) is 112 cm³/mol. The van der Waals surface area contributed by atoms with Crippen LogP contribution in [0.3, 0.4) is 0 Å². The molecule has 0 aliphatic heterocycles. The molecule has 0 aliphatic rings. The van der Waals surface area contributed by atoms with Crippen LogP contribution in [0.1, 0.15) is 0 Å². The van der Waals surface area contributed by atoms with E-state index in [0.717, 1.165) is 33.3 Å². The molecule has 142 valence electrons. The van der Waals surface area contributed by atoms with Crippen molar-refractivity contribution in [2.24, 2.45) is 0 Å². The zero-order chi connectivity index (χ0) is 18.5. The van der Waals surface area contributed by atoms with Crippen molar-refractivity contribution in [3.8, 4) is 22.6 Å². The Hall–Kier alpha value is -1.08. The first kappa shape index (κ1) is 21.2. The van der Waals surface area contributed by atoms with Crippen LogP contribution in [0.2, 0.25) is 0 Å². The first-order valence-electron chi connectivity index (χ1n) is 8.57. The molecule has 0 saturated carbocycles. The topological polar surface area (TPSA) is 36.9 Å². The monoisotopic (exact) mass is 486 g/mol. The van der Waals surface area contributed by atoms with E-state index in [0.29, 0.717) is 39.6 Å². The van der Waals surface area contributed by atoms with Crippen molar-refractivity contribution in [1.29, 1.82) is 0 Å². The third kappa shape index (κ3) is 8.08. The lowest BCUT2D eigenvalue weighted by atomic mass is 10.1. The summed E-state index contributed by atoms with van der Waals surface area (Å²) in [6, 6.07) is 16.1. The van der Waals surface area contributed by atoms with Gasteiger partial charge in [-0.1, -0.05) is 56.1 Å². The van der Waals surface area contributed by atoms with E-state index in [1.807, 2.05) is 36.4 Å². The van der Waals surface area contributed by atoms with Gasteiger partial charge in [-0.3, -0.25) is 0 Å². The molecule has 0 spiro atoms. The third-order valence-electron chi connectivity index (χ3n) is 3.44. The average molecular weight is 488 g/mol. The fourth-order valence-corrected chi connectivity index (χ4v) is 2.74. The van der Waals surface area contributed by atoms with Crippen LogP contribution >= 0.6 is 31.9 Å². The molecule has 0 aromatic heterocycles. The number of benzene rings is 2. The molecule has 0 heterocycles. The fraction of sp³-hybridized carbons (Fsp3) is 0.400. The lowest BCUT2D eigenvalue weighted by Crippen LogP contribution is -2.08. The summed E-state index contributed by atoms with van der Waals surface area (Å²) in [6.07, 6.45) is 0. The summed E-state index contributed by atoms with van der Waals surface area (Å²) < 4.78 is 22.3. The maximum atomic E-state index is 5.76. The number of ether oxygens (including phenoxy) is 4. The summed E-state index contributed by atoms with van der Waals surface area (Å²) in [6.45, 7) is 3.61. The molecular formula is C20H24Br2O4. The van der Waals surface area contributed by atoms with Crippen LogP contribution in [-0.4, -0.2) is 50.3 Å². The Balaban J connectivity index is 1.89. The first-order chi connectivity index (χ1) is 12.8. The van der Waals surface area contributed by atoms with E-state index in [4.69, 9.17) is 18.9 Å². The Morgan fingerprint density at radius 3 is 1.46 bits per heavy atom. The largest absolute Gasteiger partial charge is 0.491 e. The second-order valence-corrected chi connectivity index (χ2v) is 6.94. The van der Waals surface area contributed by atoms with E-state index in [9.17, 15) is 0 Å². The van der Waals surface area contributed by atoms with Crippen LogP contribution in [0.5, 0.6) is 11.5 Å². The van der Waals surface area contributed by atoms with Crippen molar-refractivity contribution in [2.45, 2.75) is 0 Å². The summed E-state index contributed by atoms with van der Waals surface area (Å²) in [4.78, 5) is 0. The van der Waals surface area contributed by atoms with Crippen molar-refractivity contribution < 1.29 is 18.9 Å². The number of hydrogen-bond donors (Lipinski definition) is 0. The summed E-state index contributed by atoms with van der Waals surface area (Å²) in [7, 11) is 0.